The van der Waals surface area contributed by atoms with Crippen molar-refractivity contribution in [3.05, 3.63) is 44.9 Å². The fraction of sp³-hybridized carbons (Fsp3) is 0.400. The summed E-state index contributed by atoms with van der Waals surface area (Å²) < 4.78 is 5.72. The molecule has 1 aromatic carbocycles. The summed E-state index contributed by atoms with van der Waals surface area (Å²) in [5.74, 6) is 0.781. The minimum absolute atomic E-state index is 0.495. The normalized spacial score (nSPS) is 14.5. The van der Waals surface area contributed by atoms with Crippen LogP contribution in [0, 0.1) is 6.92 Å². The molecule has 1 aliphatic rings. The smallest absolute Gasteiger partial charge is 0.140 e. The second-order valence-corrected chi connectivity index (χ2v) is 6.62. The molecule has 2 aromatic rings. The van der Waals surface area contributed by atoms with Crippen LogP contribution in [-0.4, -0.2) is 11.0 Å². The van der Waals surface area contributed by atoms with E-state index in [1.54, 1.807) is 11.3 Å². The van der Waals surface area contributed by atoms with E-state index in [-0.39, 0.29) is 0 Å². The minimum Gasteiger partial charge on any atom is -0.486 e. The Labute approximate surface area is 127 Å². The molecule has 1 aliphatic carbocycles. The van der Waals surface area contributed by atoms with Crippen LogP contribution in [0.3, 0.4) is 0 Å². The van der Waals surface area contributed by atoms with Crippen molar-refractivity contribution in [2.24, 2.45) is 0 Å². The van der Waals surface area contributed by atoms with Gasteiger partial charge in [0.25, 0.3) is 0 Å². The van der Waals surface area contributed by atoms with Crippen molar-refractivity contribution < 1.29 is 4.74 Å². The van der Waals surface area contributed by atoms with E-state index in [0.717, 1.165) is 29.0 Å². The topological polar surface area (TPSA) is 34.1 Å². The van der Waals surface area contributed by atoms with Crippen LogP contribution in [-0.2, 0) is 13.2 Å². The Kier molecular flexibility index (Phi) is 4.24. The average molecular weight is 309 g/mol. The summed E-state index contributed by atoms with van der Waals surface area (Å²) in [4.78, 5) is 5.87. The molecular weight excluding hydrogens is 292 g/mol. The number of aromatic nitrogens is 1. The third-order valence-corrected chi connectivity index (χ3v) is 4.59. The van der Waals surface area contributed by atoms with Gasteiger partial charge in [-0.3, -0.25) is 0 Å². The van der Waals surface area contributed by atoms with Gasteiger partial charge in [0, 0.05) is 22.5 Å². The molecule has 1 aromatic heterocycles. The highest BCUT2D eigenvalue weighted by Crippen LogP contribution is 2.24. The van der Waals surface area contributed by atoms with Crippen LogP contribution in [0.2, 0.25) is 5.02 Å². The summed E-state index contributed by atoms with van der Waals surface area (Å²) in [6.45, 7) is 3.48. The second-order valence-electron chi connectivity index (χ2n) is 5.02. The minimum atomic E-state index is 0.495. The number of hydrogen-bond acceptors (Lipinski definition) is 4. The molecule has 3 nitrogen and oxygen atoms in total. The first-order valence-corrected chi connectivity index (χ1v) is 7.97. The molecule has 1 heterocycles. The van der Waals surface area contributed by atoms with E-state index in [9.17, 15) is 0 Å². The molecule has 0 amide bonds. The van der Waals surface area contributed by atoms with Gasteiger partial charge in [0.2, 0.25) is 0 Å². The predicted molar refractivity (Wildman–Crippen MR) is 82.5 cm³/mol. The third kappa shape index (κ3) is 3.72. The third-order valence-electron chi connectivity index (χ3n) is 3.22. The molecule has 0 aliphatic heterocycles. The van der Waals surface area contributed by atoms with Gasteiger partial charge in [-0.1, -0.05) is 17.7 Å². The largest absolute Gasteiger partial charge is 0.486 e. The van der Waals surface area contributed by atoms with Crippen LogP contribution in [0.5, 0.6) is 5.75 Å². The van der Waals surface area contributed by atoms with Crippen LogP contribution in [0.4, 0.5) is 0 Å². The Hall–Kier alpha value is -1.10. The number of benzene rings is 1. The number of aryl methyl sites for hydroxylation is 1. The molecule has 1 saturated carbocycles. The summed E-state index contributed by atoms with van der Waals surface area (Å²) in [7, 11) is 0. The van der Waals surface area contributed by atoms with Gasteiger partial charge in [-0.25, -0.2) is 4.98 Å². The lowest BCUT2D eigenvalue weighted by Crippen LogP contribution is -2.14. The van der Waals surface area contributed by atoms with Gasteiger partial charge in [0.05, 0.1) is 5.69 Å². The highest BCUT2D eigenvalue weighted by molar-refractivity contribution is 7.11. The summed E-state index contributed by atoms with van der Waals surface area (Å²) >= 11 is 7.65. The first-order chi connectivity index (χ1) is 9.70. The van der Waals surface area contributed by atoms with Crippen molar-refractivity contribution in [2.45, 2.75) is 39.0 Å². The molecular formula is C15H17ClN2OS. The molecule has 1 N–H and O–H groups in total. The molecule has 20 heavy (non-hydrogen) atoms. The number of rotatable bonds is 6. The molecule has 5 heteroatoms. The van der Waals surface area contributed by atoms with Crippen LogP contribution in [0.25, 0.3) is 0 Å². The van der Waals surface area contributed by atoms with Gasteiger partial charge < -0.3 is 10.1 Å². The van der Waals surface area contributed by atoms with Crippen LogP contribution in [0.1, 0.15) is 28.4 Å². The summed E-state index contributed by atoms with van der Waals surface area (Å²) in [6.07, 6.45) is 2.62. The summed E-state index contributed by atoms with van der Waals surface area (Å²) in [6, 6.07) is 8.17. The fourth-order valence-corrected chi connectivity index (χ4v) is 3.05. The van der Waals surface area contributed by atoms with Gasteiger partial charge >= 0.3 is 0 Å². The summed E-state index contributed by atoms with van der Waals surface area (Å²) in [5.41, 5.74) is 1.10. The van der Waals surface area contributed by atoms with Crippen molar-refractivity contribution in [1.29, 1.82) is 0 Å². The Bertz CT molecular complexity index is 595. The van der Waals surface area contributed by atoms with E-state index in [4.69, 9.17) is 16.3 Å². The van der Waals surface area contributed by atoms with E-state index in [1.807, 2.05) is 24.3 Å². The first-order valence-electron chi connectivity index (χ1n) is 6.77. The van der Waals surface area contributed by atoms with Gasteiger partial charge in [0.1, 0.15) is 17.4 Å². The Morgan fingerprint density at radius 3 is 3.05 bits per heavy atom. The fourth-order valence-electron chi connectivity index (χ4n) is 1.94. The SMILES string of the molecule is Cc1nc(COc2cccc(Cl)c2)sc1CNC1CC1. The zero-order valence-electron chi connectivity index (χ0n) is 11.4. The predicted octanol–water partition coefficient (Wildman–Crippen LogP) is 3.94. The summed E-state index contributed by atoms with van der Waals surface area (Å²) in [5, 5.41) is 5.22. The lowest BCUT2D eigenvalue weighted by molar-refractivity contribution is 0.305. The molecule has 0 saturated heterocycles. The molecule has 106 valence electrons. The van der Waals surface area contributed by atoms with Gasteiger partial charge in [-0.15, -0.1) is 11.3 Å². The van der Waals surface area contributed by atoms with E-state index < -0.39 is 0 Å². The number of thiazole rings is 1. The van der Waals surface area contributed by atoms with Crippen molar-refractivity contribution in [2.75, 3.05) is 0 Å². The van der Waals surface area contributed by atoms with Crippen molar-refractivity contribution in [3.63, 3.8) is 0 Å². The maximum Gasteiger partial charge on any atom is 0.140 e. The Balaban J connectivity index is 1.58. The van der Waals surface area contributed by atoms with E-state index >= 15 is 0 Å². The van der Waals surface area contributed by atoms with Crippen LogP contribution < -0.4 is 10.1 Å². The van der Waals surface area contributed by atoms with Gasteiger partial charge in [-0.05, 0) is 38.0 Å². The van der Waals surface area contributed by atoms with Gasteiger partial charge in [0.15, 0.2) is 0 Å². The zero-order valence-corrected chi connectivity index (χ0v) is 12.9. The molecule has 0 radical (unpaired) electrons. The molecule has 0 spiro atoms. The van der Waals surface area contributed by atoms with Crippen LogP contribution >= 0.6 is 22.9 Å². The lowest BCUT2D eigenvalue weighted by Gasteiger charge is -2.03. The van der Waals surface area contributed by atoms with Crippen LogP contribution in [0.15, 0.2) is 24.3 Å². The highest BCUT2D eigenvalue weighted by Gasteiger charge is 2.21. The Morgan fingerprint density at radius 1 is 1.45 bits per heavy atom. The first kappa shape index (κ1) is 13.9. The maximum absolute atomic E-state index is 5.93. The number of hydrogen-bond donors (Lipinski definition) is 1. The second kappa shape index (κ2) is 6.12. The number of nitrogens with zero attached hydrogens (tertiary/aromatic N) is 1. The maximum atomic E-state index is 5.93. The zero-order chi connectivity index (χ0) is 13.9. The number of ether oxygens (including phenoxy) is 1. The molecule has 0 unspecified atom stereocenters. The van der Waals surface area contributed by atoms with E-state index in [2.05, 4.69) is 17.2 Å². The van der Waals surface area contributed by atoms with Crippen molar-refractivity contribution in [1.82, 2.24) is 10.3 Å². The van der Waals surface area contributed by atoms with E-state index in [1.165, 1.54) is 17.7 Å². The number of nitrogens with one attached hydrogen (secondary N) is 1. The molecule has 0 atom stereocenters. The monoisotopic (exact) mass is 308 g/mol. The van der Waals surface area contributed by atoms with Crippen molar-refractivity contribution in [3.8, 4) is 5.75 Å². The van der Waals surface area contributed by atoms with Gasteiger partial charge in [-0.2, -0.15) is 0 Å². The molecule has 0 bridgehead atoms. The van der Waals surface area contributed by atoms with Crippen molar-refractivity contribution >= 4 is 22.9 Å². The standard InChI is InChI=1S/C15H17ClN2OS/c1-10-14(8-17-12-5-6-12)20-15(18-10)9-19-13-4-2-3-11(16)7-13/h2-4,7,12,17H,5-6,8-9H2,1H3. The Morgan fingerprint density at radius 2 is 2.30 bits per heavy atom. The molecule has 1 fully saturated rings. The quantitative estimate of drug-likeness (QED) is 0.878. The molecule has 3 rings (SSSR count). The van der Waals surface area contributed by atoms with E-state index in [0.29, 0.717) is 11.6 Å². The number of halogens is 1. The highest BCUT2D eigenvalue weighted by atomic mass is 35.5. The lowest BCUT2D eigenvalue weighted by atomic mass is 10.3. The average Bonchev–Trinajstić information content (AvgIpc) is 3.18.